The molecule has 1 aromatic carbocycles. The number of nitrogens with zero attached hydrogens (tertiary/aromatic N) is 1. The van der Waals surface area contributed by atoms with Crippen LogP contribution in [-0.4, -0.2) is 13.3 Å². The Bertz CT molecular complexity index is 343. The van der Waals surface area contributed by atoms with Gasteiger partial charge in [0.05, 0.1) is 0 Å². The second-order valence-corrected chi connectivity index (χ2v) is 4.71. The van der Waals surface area contributed by atoms with Gasteiger partial charge < -0.3 is 0 Å². The van der Waals surface area contributed by atoms with Gasteiger partial charge in [-0.3, -0.25) is 4.99 Å². The van der Waals surface area contributed by atoms with Crippen molar-refractivity contribution in [2.75, 3.05) is 7.05 Å². The van der Waals surface area contributed by atoms with Crippen molar-refractivity contribution >= 4 is 6.21 Å². The fraction of sp³-hybridized carbons (Fsp3) is 0.462. The number of hydrogen-bond acceptors (Lipinski definition) is 1. The Kier molecular flexibility index (Phi) is 3.10. The third-order valence-corrected chi connectivity index (χ3v) is 2.40. The van der Waals surface area contributed by atoms with Crippen LogP contribution in [0, 0.1) is 6.92 Å². The number of aliphatic imine (C=N–C) groups is 1. The molecule has 0 aliphatic rings. The highest BCUT2D eigenvalue weighted by Crippen LogP contribution is 2.23. The van der Waals surface area contributed by atoms with Crippen LogP contribution in [0.2, 0.25) is 0 Å². The quantitative estimate of drug-likeness (QED) is 0.601. The molecule has 1 rings (SSSR count). The Hall–Kier alpha value is -1.11. The van der Waals surface area contributed by atoms with Crippen molar-refractivity contribution in [2.24, 2.45) is 4.99 Å². The van der Waals surface area contributed by atoms with E-state index < -0.39 is 0 Å². The molecule has 14 heavy (non-hydrogen) atoms. The fourth-order valence-corrected chi connectivity index (χ4v) is 1.43. The first kappa shape index (κ1) is 11.0. The molecule has 0 atom stereocenters. The van der Waals surface area contributed by atoms with Crippen LogP contribution in [-0.2, 0) is 5.41 Å². The minimum atomic E-state index is 0.229. The molecule has 0 saturated heterocycles. The highest BCUT2D eigenvalue weighted by atomic mass is 14.6. The molecular formula is C13H19N. The third-order valence-electron chi connectivity index (χ3n) is 2.40. The summed E-state index contributed by atoms with van der Waals surface area (Å²) >= 11 is 0. The lowest BCUT2D eigenvalue weighted by atomic mass is 9.85. The Labute approximate surface area is 86.9 Å². The zero-order chi connectivity index (χ0) is 10.8. The van der Waals surface area contributed by atoms with Crippen LogP contribution in [0.5, 0.6) is 0 Å². The zero-order valence-corrected chi connectivity index (χ0v) is 9.76. The molecule has 1 heteroatoms. The maximum absolute atomic E-state index is 4.03. The second-order valence-electron chi connectivity index (χ2n) is 4.71. The average molecular weight is 189 g/mol. The van der Waals surface area contributed by atoms with Crippen molar-refractivity contribution in [3.8, 4) is 0 Å². The second kappa shape index (κ2) is 3.95. The first-order valence-electron chi connectivity index (χ1n) is 4.98. The van der Waals surface area contributed by atoms with E-state index in [1.54, 1.807) is 7.05 Å². The molecule has 0 fully saturated rings. The van der Waals surface area contributed by atoms with E-state index in [-0.39, 0.29) is 5.41 Å². The van der Waals surface area contributed by atoms with Gasteiger partial charge in [-0.1, -0.05) is 39.0 Å². The number of hydrogen-bond donors (Lipinski definition) is 0. The van der Waals surface area contributed by atoms with Gasteiger partial charge in [-0.2, -0.15) is 0 Å². The zero-order valence-electron chi connectivity index (χ0n) is 9.76. The van der Waals surface area contributed by atoms with Crippen LogP contribution in [0.3, 0.4) is 0 Å². The number of aryl methyl sites for hydroxylation is 1. The van der Waals surface area contributed by atoms with E-state index in [2.05, 4.69) is 50.9 Å². The molecule has 0 aliphatic carbocycles. The summed E-state index contributed by atoms with van der Waals surface area (Å²) in [5, 5.41) is 0. The summed E-state index contributed by atoms with van der Waals surface area (Å²) in [6, 6.07) is 6.57. The summed E-state index contributed by atoms with van der Waals surface area (Å²) in [4.78, 5) is 4.03. The maximum atomic E-state index is 4.03. The SMILES string of the molecule is CN=Cc1ccc(C(C)(C)C)cc1C. The van der Waals surface area contributed by atoms with E-state index in [1.165, 1.54) is 16.7 Å². The van der Waals surface area contributed by atoms with E-state index in [0.717, 1.165) is 0 Å². The standard InChI is InChI=1S/C13H19N/c1-10-8-12(13(2,3)4)7-6-11(10)9-14-5/h6-9H,1-5H3. The van der Waals surface area contributed by atoms with Crippen molar-refractivity contribution in [1.82, 2.24) is 0 Å². The van der Waals surface area contributed by atoms with Gasteiger partial charge in [0.15, 0.2) is 0 Å². The van der Waals surface area contributed by atoms with E-state index >= 15 is 0 Å². The molecule has 0 heterocycles. The van der Waals surface area contributed by atoms with Crippen molar-refractivity contribution in [1.29, 1.82) is 0 Å². The first-order chi connectivity index (χ1) is 6.45. The molecule has 0 N–H and O–H groups in total. The lowest BCUT2D eigenvalue weighted by Crippen LogP contribution is -2.11. The summed E-state index contributed by atoms with van der Waals surface area (Å²) in [5.74, 6) is 0. The molecule has 0 bridgehead atoms. The average Bonchev–Trinajstić information content (AvgIpc) is 2.07. The Morgan fingerprint density at radius 2 is 1.86 bits per heavy atom. The Balaban J connectivity index is 3.13. The summed E-state index contributed by atoms with van der Waals surface area (Å²) in [5.41, 5.74) is 4.11. The van der Waals surface area contributed by atoms with Crippen LogP contribution in [0.15, 0.2) is 23.2 Å². The highest BCUT2D eigenvalue weighted by molar-refractivity contribution is 5.81. The van der Waals surface area contributed by atoms with Gasteiger partial charge in [-0.05, 0) is 29.0 Å². The van der Waals surface area contributed by atoms with Gasteiger partial charge in [0, 0.05) is 13.3 Å². The van der Waals surface area contributed by atoms with Crippen molar-refractivity contribution in [3.05, 3.63) is 34.9 Å². The lowest BCUT2D eigenvalue weighted by Gasteiger charge is -2.20. The lowest BCUT2D eigenvalue weighted by molar-refractivity contribution is 0.589. The molecule has 0 amide bonds. The molecule has 0 saturated carbocycles. The van der Waals surface area contributed by atoms with Crippen molar-refractivity contribution < 1.29 is 0 Å². The van der Waals surface area contributed by atoms with Gasteiger partial charge in [0.1, 0.15) is 0 Å². The van der Waals surface area contributed by atoms with Crippen LogP contribution in [0.4, 0.5) is 0 Å². The topological polar surface area (TPSA) is 12.4 Å². The van der Waals surface area contributed by atoms with E-state index in [1.807, 2.05) is 6.21 Å². The normalized spacial score (nSPS) is 12.4. The van der Waals surface area contributed by atoms with Gasteiger partial charge in [0.2, 0.25) is 0 Å². The molecular weight excluding hydrogens is 170 g/mol. The summed E-state index contributed by atoms with van der Waals surface area (Å²) in [6.45, 7) is 8.83. The monoisotopic (exact) mass is 189 g/mol. The Morgan fingerprint density at radius 3 is 2.29 bits per heavy atom. The van der Waals surface area contributed by atoms with Crippen LogP contribution in [0.1, 0.15) is 37.5 Å². The predicted molar refractivity (Wildman–Crippen MR) is 63.4 cm³/mol. The van der Waals surface area contributed by atoms with Crippen molar-refractivity contribution in [2.45, 2.75) is 33.1 Å². The van der Waals surface area contributed by atoms with Gasteiger partial charge in [0.25, 0.3) is 0 Å². The molecule has 1 nitrogen and oxygen atoms in total. The number of benzene rings is 1. The minimum Gasteiger partial charge on any atom is -0.296 e. The predicted octanol–water partition coefficient (Wildman–Crippen LogP) is 3.34. The van der Waals surface area contributed by atoms with Crippen LogP contribution >= 0.6 is 0 Å². The fourth-order valence-electron chi connectivity index (χ4n) is 1.43. The van der Waals surface area contributed by atoms with Crippen LogP contribution in [0.25, 0.3) is 0 Å². The van der Waals surface area contributed by atoms with Crippen molar-refractivity contribution in [3.63, 3.8) is 0 Å². The molecule has 0 spiro atoms. The van der Waals surface area contributed by atoms with E-state index in [4.69, 9.17) is 0 Å². The smallest absolute Gasteiger partial charge is 0.0284 e. The van der Waals surface area contributed by atoms with Gasteiger partial charge >= 0.3 is 0 Å². The minimum absolute atomic E-state index is 0.229. The molecule has 76 valence electrons. The molecule has 0 aliphatic heterocycles. The molecule has 1 aromatic rings. The van der Waals surface area contributed by atoms with Gasteiger partial charge in [-0.25, -0.2) is 0 Å². The first-order valence-corrected chi connectivity index (χ1v) is 4.98. The molecule has 0 radical (unpaired) electrons. The summed E-state index contributed by atoms with van der Waals surface area (Å²) in [7, 11) is 1.80. The van der Waals surface area contributed by atoms with E-state index in [0.29, 0.717) is 0 Å². The third kappa shape index (κ3) is 2.44. The number of rotatable bonds is 1. The molecule has 0 aromatic heterocycles. The Morgan fingerprint density at radius 1 is 1.21 bits per heavy atom. The van der Waals surface area contributed by atoms with Crippen LogP contribution < -0.4 is 0 Å². The summed E-state index contributed by atoms with van der Waals surface area (Å²) in [6.07, 6.45) is 1.90. The largest absolute Gasteiger partial charge is 0.296 e. The summed E-state index contributed by atoms with van der Waals surface area (Å²) < 4.78 is 0. The molecule has 0 unspecified atom stereocenters. The van der Waals surface area contributed by atoms with E-state index in [9.17, 15) is 0 Å². The maximum Gasteiger partial charge on any atom is 0.0284 e. The highest BCUT2D eigenvalue weighted by Gasteiger charge is 2.13. The van der Waals surface area contributed by atoms with Gasteiger partial charge in [-0.15, -0.1) is 0 Å².